The molecule has 2 aromatic rings. The van der Waals surface area contributed by atoms with E-state index in [-0.39, 0.29) is 0 Å². The van der Waals surface area contributed by atoms with Crippen molar-refractivity contribution in [3.63, 3.8) is 0 Å². The molecule has 2 rings (SSSR count). The number of aliphatic hydroxyl groups excluding tert-OH is 1. The van der Waals surface area contributed by atoms with Gasteiger partial charge in [0.1, 0.15) is 0 Å². The zero-order valence-corrected chi connectivity index (χ0v) is 11.4. The molecule has 92 valence electrons. The molecular weight excluding hydrogens is 234 g/mol. The summed E-state index contributed by atoms with van der Waals surface area (Å²) in [4.78, 5) is 5.66. The number of hydrogen-bond acceptors (Lipinski definition) is 4. The van der Waals surface area contributed by atoms with Crippen molar-refractivity contribution in [3.05, 3.63) is 33.0 Å². The Morgan fingerprint density at radius 2 is 2.06 bits per heavy atom. The molecule has 0 saturated carbocycles. The van der Waals surface area contributed by atoms with Crippen molar-refractivity contribution in [1.82, 2.24) is 14.8 Å². The fourth-order valence-electron chi connectivity index (χ4n) is 1.85. The van der Waals surface area contributed by atoms with Crippen LogP contribution in [0.2, 0.25) is 0 Å². The summed E-state index contributed by atoms with van der Waals surface area (Å²) in [6.07, 6.45) is 1.91. The van der Waals surface area contributed by atoms with Gasteiger partial charge in [-0.05, 0) is 20.8 Å². The molecule has 0 aliphatic heterocycles. The van der Waals surface area contributed by atoms with Crippen molar-refractivity contribution < 1.29 is 5.11 Å². The van der Waals surface area contributed by atoms with E-state index in [2.05, 4.69) is 17.0 Å². The van der Waals surface area contributed by atoms with Gasteiger partial charge in [0.05, 0.1) is 22.5 Å². The van der Waals surface area contributed by atoms with E-state index in [0.717, 1.165) is 22.0 Å². The Morgan fingerprint density at radius 3 is 2.53 bits per heavy atom. The first-order chi connectivity index (χ1) is 7.97. The van der Waals surface area contributed by atoms with E-state index in [9.17, 15) is 5.11 Å². The monoisotopic (exact) mass is 251 g/mol. The van der Waals surface area contributed by atoms with Crippen LogP contribution >= 0.6 is 11.3 Å². The van der Waals surface area contributed by atoms with E-state index in [1.165, 1.54) is 4.88 Å². The van der Waals surface area contributed by atoms with E-state index in [1.807, 2.05) is 27.1 Å². The first-order valence-electron chi connectivity index (χ1n) is 5.58. The highest BCUT2D eigenvalue weighted by molar-refractivity contribution is 7.11. The van der Waals surface area contributed by atoms with Crippen LogP contribution in [0.5, 0.6) is 0 Å². The van der Waals surface area contributed by atoms with Crippen molar-refractivity contribution in [2.75, 3.05) is 0 Å². The quantitative estimate of drug-likeness (QED) is 0.908. The van der Waals surface area contributed by atoms with Crippen molar-refractivity contribution in [2.45, 2.75) is 33.3 Å². The van der Waals surface area contributed by atoms with Gasteiger partial charge >= 0.3 is 0 Å². The lowest BCUT2D eigenvalue weighted by molar-refractivity contribution is 0.177. The highest BCUT2D eigenvalue weighted by Crippen LogP contribution is 2.24. The fraction of sp³-hybridized carbons (Fsp3) is 0.500. The highest BCUT2D eigenvalue weighted by Gasteiger charge is 2.16. The molecule has 2 aromatic heterocycles. The normalized spacial score (nSPS) is 13.0. The first kappa shape index (κ1) is 12.3. The number of aryl methyl sites for hydroxylation is 4. The van der Waals surface area contributed by atoms with Crippen LogP contribution < -0.4 is 0 Å². The molecular formula is C12H17N3OS. The molecule has 1 N–H and O–H groups in total. The van der Waals surface area contributed by atoms with Crippen LogP contribution in [0.25, 0.3) is 0 Å². The predicted octanol–water partition coefficient (Wildman–Crippen LogP) is 2.08. The van der Waals surface area contributed by atoms with Crippen LogP contribution in [-0.4, -0.2) is 19.9 Å². The maximum absolute atomic E-state index is 10.2. The van der Waals surface area contributed by atoms with Gasteiger partial charge in [0.2, 0.25) is 0 Å². The van der Waals surface area contributed by atoms with Gasteiger partial charge in [-0.2, -0.15) is 5.10 Å². The average Bonchev–Trinajstić information content (AvgIpc) is 2.71. The van der Waals surface area contributed by atoms with Gasteiger partial charge in [-0.3, -0.25) is 4.68 Å². The van der Waals surface area contributed by atoms with Gasteiger partial charge in [0, 0.05) is 30.1 Å². The second-order valence-corrected chi connectivity index (χ2v) is 5.60. The minimum Gasteiger partial charge on any atom is -0.388 e. The topological polar surface area (TPSA) is 50.9 Å². The highest BCUT2D eigenvalue weighted by atomic mass is 32.1. The molecule has 1 unspecified atom stereocenters. The van der Waals surface area contributed by atoms with Crippen LogP contribution in [0, 0.1) is 20.8 Å². The summed E-state index contributed by atoms with van der Waals surface area (Å²) < 4.78 is 1.73. The van der Waals surface area contributed by atoms with Crippen molar-refractivity contribution >= 4 is 11.3 Å². The summed E-state index contributed by atoms with van der Waals surface area (Å²) in [5.74, 6) is 0. The number of aromatic nitrogens is 3. The van der Waals surface area contributed by atoms with Crippen molar-refractivity contribution in [3.8, 4) is 0 Å². The standard InChI is InChI=1S/C12H17N3OS/c1-7-9(3)17-12(13-7)5-11(16)10-6-15(4)14-8(10)2/h6,11,16H,5H2,1-4H3. The molecule has 0 fully saturated rings. The molecule has 0 aliphatic carbocycles. The van der Waals surface area contributed by atoms with Gasteiger partial charge in [-0.15, -0.1) is 11.3 Å². The Hall–Kier alpha value is -1.20. The smallest absolute Gasteiger partial charge is 0.0960 e. The predicted molar refractivity (Wildman–Crippen MR) is 68.2 cm³/mol. The molecule has 0 aromatic carbocycles. The number of rotatable bonds is 3. The summed E-state index contributed by atoms with van der Waals surface area (Å²) in [6.45, 7) is 5.96. The zero-order chi connectivity index (χ0) is 12.6. The van der Waals surface area contributed by atoms with Crippen LogP contribution in [0.4, 0.5) is 0 Å². The molecule has 0 amide bonds. The minimum absolute atomic E-state index is 0.520. The molecule has 1 atom stereocenters. The third kappa shape index (κ3) is 2.56. The molecule has 4 nitrogen and oxygen atoms in total. The molecule has 0 bridgehead atoms. The second-order valence-electron chi connectivity index (χ2n) is 4.31. The van der Waals surface area contributed by atoms with Crippen molar-refractivity contribution in [2.24, 2.45) is 7.05 Å². The van der Waals surface area contributed by atoms with Gasteiger partial charge in [0.15, 0.2) is 0 Å². The Balaban J connectivity index is 2.16. The van der Waals surface area contributed by atoms with Crippen LogP contribution in [0.15, 0.2) is 6.20 Å². The average molecular weight is 251 g/mol. The summed E-state index contributed by atoms with van der Waals surface area (Å²) in [7, 11) is 1.86. The van der Waals surface area contributed by atoms with Crippen molar-refractivity contribution in [1.29, 1.82) is 0 Å². The van der Waals surface area contributed by atoms with E-state index in [0.29, 0.717) is 6.42 Å². The third-order valence-electron chi connectivity index (χ3n) is 2.85. The molecule has 0 spiro atoms. The Morgan fingerprint density at radius 1 is 1.35 bits per heavy atom. The number of thiazole rings is 1. The van der Waals surface area contributed by atoms with Crippen LogP contribution in [-0.2, 0) is 13.5 Å². The molecule has 0 saturated heterocycles. The Kier molecular flexibility index (Phi) is 3.31. The van der Waals surface area contributed by atoms with E-state index >= 15 is 0 Å². The van der Waals surface area contributed by atoms with Gasteiger partial charge in [-0.25, -0.2) is 4.98 Å². The summed E-state index contributed by atoms with van der Waals surface area (Å²) in [6, 6.07) is 0. The lowest BCUT2D eigenvalue weighted by atomic mass is 10.1. The molecule has 2 heterocycles. The van der Waals surface area contributed by atoms with Gasteiger partial charge < -0.3 is 5.11 Å². The maximum Gasteiger partial charge on any atom is 0.0960 e. The summed E-state index contributed by atoms with van der Waals surface area (Å²) >= 11 is 1.65. The number of hydrogen-bond donors (Lipinski definition) is 1. The fourth-order valence-corrected chi connectivity index (χ4v) is 2.82. The lowest BCUT2D eigenvalue weighted by Gasteiger charge is -2.06. The number of aliphatic hydroxyl groups is 1. The Bertz CT molecular complexity index is 510. The molecule has 17 heavy (non-hydrogen) atoms. The third-order valence-corrected chi connectivity index (χ3v) is 3.95. The largest absolute Gasteiger partial charge is 0.388 e. The maximum atomic E-state index is 10.2. The van der Waals surface area contributed by atoms with E-state index in [4.69, 9.17) is 0 Å². The first-order valence-corrected chi connectivity index (χ1v) is 6.40. The molecule has 0 aliphatic rings. The molecule has 5 heteroatoms. The van der Waals surface area contributed by atoms with E-state index in [1.54, 1.807) is 16.0 Å². The molecule has 0 radical (unpaired) electrons. The Labute approximate surface area is 105 Å². The van der Waals surface area contributed by atoms with Gasteiger partial charge in [0.25, 0.3) is 0 Å². The van der Waals surface area contributed by atoms with E-state index < -0.39 is 6.10 Å². The summed E-state index contributed by atoms with van der Waals surface area (Å²) in [5, 5.41) is 15.4. The zero-order valence-electron chi connectivity index (χ0n) is 10.6. The SMILES string of the molecule is Cc1nn(C)cc1C(O)Cc1nc(C)c(C)s1. The van der Waals surface area contributed by atoms with Gasteiger partial charge in [-0.1, -0.05) is 0 Å². The van der Waals surface area contributed by atoms with Crippen LogP contribution in [0.1, 0.15) is 32.9 Å². The lowest BCUT2D eigenvalue weighted by Crippen LogP contribution is -2.02. The second kappa shape index (κ2) is 4.58. The number of nitrogens with zero attached hydrogens (tertiary/aromatic N) is 3. The summed E-state index contributed by atoms with van der Waals surface area (Å²) in [5.41, 5.74) is 2.82. The minimum atomic E-state index is -0.520. The van der Waals surface area contributed by atoms with Crippen LogP contribution in [0.3, 0.4) is 0 Å².